The average molecular weight is 249 g/mol. The highest BCUT2D eigenvalue weighted by atomic mass is 16.5. The molecular formula is C15H23NO2. The van der Waals surface area contributed by atoms with Gasteiger partial charge in [0.25, 0.3) is 0 Å². The molecule has 1 fully saturated rings. The lowest BCUT2D eigenvalue weighted by Crippen LogP contribution is -2.43. The van der Waals surface area contributed by atoms with E-state index < -0.39 is 0 Å². The van der Waals surface area contributed by atoms with E-state index in [0.29, 0.717) is 6.04 Å². The zero-order valence-electron chi connectivity index (χ0n) is 11.5. The van der Waals surface area contributed by atoms with Crippen molar-refractivity contribution >= 4 is 0 Å². The summed E-state index contributed by atoms with van der Waals surface area (Å²) in [4.78, 5) is 0. The van der Waals surface area contributed by atoms with Crippen LogP contribution < -0.4 is 10.1 Å². The van der Waals surface area contributed by atoms with Gasteiger partial charge >= 0.3 is 0 Å². The molecular weight excluding hydrogens is 226 g/mol. The fraction of sp³-hybridized carbons (Fsp3) is 0.600. The lowest BCUT2D eigenvalue weighted by molar-refractivity contribution is -0.0630. The van der Waals surface area contributed by atoms with Crippen molar-refractivity contribution in [3.05, 3.63) is 29.8 Å². The fourth-order valence-corrected chi connectivity index (χ4v) is 2.41. The molecule has 0 bridgehead atoms. The number of methoxy groups -OCH3 is 1. The zero-order valence-corrected chi connectivity index (χ0v) is 11.5. The van der Waals surface area contributed by atoms with Crippen molar-refractivity contribution in [2.45, 2.75) is 44.9 Å². The molecule has 18 heavy (non-hydrogen) atoms. The Morgan fingerprint density at radius 2 is 2.06 bits per heavy atom. The monoisotopic (exact) mass is 249 g/mol. The van der Waals surface area contributed by atoms with Crippen LogP contribution in [0.4, 0.5) is 0 Å². The molecule has 1 aliphatic rings. The first kappa shape index (κ1) is 13.4. The molecule has 0 aliphatic carbocycles. The van der Waals surface area contributed by atoms with Gasteiger partial charge < -0.3 is 14.8 Å². The van der Waals surface area contributed by atoms with Crippen LogP contribution in [0.5, 0.6) is 5.75 Å². The van der Waals surface area contributed by atoms with Gasteiger partial charge in [0.2, 0.25) is 0 Å². The van der Waals surface area contributed by atoms with Crippen LogP contribution in [0, 0.1) is 0 Å². The second-order valence-corrected chi connectivity index (χ2v) is 5.53. The molecule has 2 rings (SSSR count). The third-order valence-electron chi connectivity index (χ3n) is 3.45. The highest BCUT2D eigenvalue weighted by Crippen LogP contribution is 2.24. The second kappa shape index (κ2) is 5.72. The van der Waals surface area contributed by atoms with Crippen LogP contribution in [-0.4, -0.2) is 25.4 Å². The molecule has 0 unspecified atom stereocenters. The minimum atomic E-state index is 0.00975. The van der Waals surface area contributed by atoms with Gasteiger partial charge in [-0.15, -0.1) is 0 Å². The number of nitrogens with one attached hydrogen (secondary N) is 1. The van der Waals surface area contributed by atoms with Gasteiger partial charge in [0.15, 0.2) is 0 Å². The summed E-state index contributed by atoms with van der Waals surface area (Å²) in [5, 5.41) is 3.61. The predicted molar refractivity (Wildman–Crippen MR) is 72.9 cm³/mol. The third-order valence-corrected chi connectivity index (χ3v) is 3.45. The van der Waals surface area contributed by atoms with Crippen molar-refractivity contribution in [2.75, 3.05) is 13.7 Å². The van der Waals surface area contributed by atoms with Crippen LogP contribution in [0.3, 0.4) is 0 Å². The lowest BCUT2D eigenvalue weighted by atomic mass is 9.94. The van der Waals surface area contributed by atoms with E-state index >= 15 is 0 Å². The topological polar surface area (TPSA) is 30.5 Å². The van der Waals surface area contributed by atoms with Gasteiger partial charge in [0.05, 0.1) is 12.7 Å². The largest absolute Gasteiger partial charge is 0.497 e. The molecule has 1 aliphatic heterocycles. The molecule has 0 saturated carbocycles. The maximum atomic E-state index is 5.72. The molecule has 1 N–H and O–H groups in total. The molecule has 100 valence electrons. The highest BCUT2D eigenvalue weighted by molar-refractivity contribution is 5.27. The molecule has 1 aromatic carbocycles. The Bertz CT molecular complexity index is 373. The van der Waals surface area contributed by atoms with E-state index in [0.717, 1.165) is 31.7 Å². The predicted octanol–water partition coefficient (Wildman–Crippen LogP) is 2.74. The Hall–Kier alpha value is -1.06. The van der Waals surface area contributed by atoms with Crippen LogP contribution in [0.15, 0.2) is 24.3 Å². The smallest absolute Gasteiger partial charge is 0.118 e. The molecule has 0 spiro atoms. The fourth-order valence-electron chi connectivity index (χ4n) is 2.41. The van der Waals surface area contributed by atoms with Crippen LogP contribution in [-0.2, 0) is 11.3 Å². The quantitative estimate of drug-likeness (QED) is 0.890. The van der Waals surface area contributed by atoms with Crippen molar-refractivity contribution < 1.29 is 9.47 Å². The summed E-state index contributed by atoms with van der Waals surface area (Å²) in [6, 6.07) is 8.78. The number of hydrogen-bond donors (Lipinski definition) is 1. The molecule has 0 amide bonds. The Kier molecular flexibility index (Phi) is 4.25. The normalized spacial score (nSPS) is 22.7. The van der Waals surface area contributed by atoms with Gasteiger partial charge in [-0.05, 0) is 44.4 Å². The Morgan fingerprint density at radius 3 is 2.67 bits per heavy atom. The molecule has 1 aromatic rings. The van der Waals surface area contributed by atoms with Gasteiger partial charge in [-0.3, -0.25) is 0 Å². The van der Waals surface area contributed by atoms with Crippen molar-refractivity contribution in [1.29, 1.82) is 0 Å². The first-order valence-electron chi connectivity index (χ1n) is 6.59. The first-order valence-corrected chi connectivity index (χ1v) is 6.59. The summed E-state index contributed by atoms with van der Waals surface area (Å²) in [6.45, 7) is 6.08. The number of benzene rings is 1. The summed E-state index contributed by atoms with van der Waals surface area (Å²) in [6.07, 6.45) is 2.17. The summed E-state index contributed by atoms with van der Waals surface area (Å²) in [5.41, 5.74) is 1.30. The summed E-state index contributed by atoms with van der Waals surface area (Å²) < 4.78 is 10.9. The Morgan fingerprint density at radius 1 is 1.33 bits per heavy atom. The van der Waals surface area contributed by atoms with Crippen molar-refractivity contribution in [3.63, 3.8) is 0 Å². The minimum absolute atomic E-state index is 0.00975. The zero-order chi connectivity index (χ0) is 13.0. The SMILES string of the molecule is COc1ccc(CN[C@@H]2CCOC(C)(C)C2)cc1. The summed E-state index contributed by atoms with van der Waals surface area (Å²) in [7, 11) is 1.69. The maximum Gasteiger partial charge on any atom is 0.118 e. The number of ether oxygens (including phenoxy) is 2. The highest BCUT2D eigenvalue weighted by Gasteiger charge is 2.28. The van der Waals surface area contributed by atoms with E-state index in [-0.39, 0.29) is 5.60 Å². The second-order valence-electron chi connectivity index (χ2n) is 5.53. The van der Waals surface area contributed by atoms with E-state index in [4.69, 9.17) is 9.47 Å². The van der Waals surface area contributed by atoms with E-state index in [9.17, 15) is 0 Å². The van der Waals surface area contributed by atoms with Crippen LogP contribution in [0.25, 0.3) is 0 Å². The number of rotatable bonds is 4. The van der Waals surface area contributed by atoms with Gasteiger partial charge in [-0.2, -0.15) is 0 Å². The first-order chi connectivity index (χ1) is 8.59. The van der Waals surface area contributed by atoms with Gasteiger partial charge in [-0.1, -0.05) is 12.1 Å². The van der Waals surface area contributed by atoms with E-state index in [1.807, 2.05) is 12.1 Å². The van der Waals surface area contributed by atoms with Crippen LogP contribution >= 0.6 is 0 Å². The lowest BCUT2D eigenvalue weighted by Gasteiger charge is -2.36. The molecule has 3 heteroatoms. The van der Waals surface area contributed by atoms with Crippen LogP contribution in [0.2, 0.25) is 0 Å². The maximum absolute atomic E-state index is 5.72. The summed E-state index contributed by atoms with van der Waals surface area (Å²) in [5.74, 6) is 0.908. The molecule has 0 radical (unpaired) electrons. The van der Waals surface area contributed by atoms with Crippen molar-refractivity contribution in [1.82, 2.24) is 5.32 Å². The van der Waals surface area contributed by atoms with E-state index in [2.05, 4.69) is 31.3 Å². The molecule has 1 saturated heterocycles. The minimum Gasteiger partial charge on any atom is -0.497 e. The summed E-state index contributed by atoms with van der Waals surface area (Å²) >= 11 is 0. The van der Waals surface area contributed by atoms with Crippen molar-refractivity contribution in [2.24, 2.45) is 0 Å². The van der Waals surface area contributed by atoms with Gasteiger partial charge in [0, 0.05) is 19.2 Å². The Labute approximate surface area is 109 Å². The van der Waals surface area contributed by atoms with E-state index in [1.54, 1.807) is 7.11 Å². The number of hydrogen-bond acceptors (Lipinski definition) is 3. The molecule has 0 aromatic heterocycles. The molecule has 1 heterocycles. The molecule has 1 atom stereocenters. The average Bonchev–Trinajstić information content (AvgIpc) is 2.36. The standard InChI is InChI=1S/C15H23NO2/c1-15(2)10-13(8-9-18-15)16-11-12-4-6-14(17-3)7-5-12/h4-7,13,16H,8-11H2,1-3H3/t13-/m1/s1. The molecule has 3 nitrogen and oxygen atoms in total. The van der Waals surface area contributed by atoms with Crippen LogP contribution in [0.1, 0.15) is 32.3 Å². The van der Waals surface area contributed by atoms with Gasteiger partial charge in [0.1, 0.15) is 5.75 Å². The van der Waals surface area contributed by atoms with Crippen molar-refractivity contribution in [3.8, 4) is 5.75 Å². The van der Waals surface area contributed by atoms with Gasteiger partial charge in [-0.25, -0.2) is 0 Å². The Balaban J connectivity index is 1.83. The third kappa shape index (κ3) is 3.72. The van der Waals surface area contributed by atoms with E-state index in [1.165, 1.54) is 5.56 Å².